The minimum Gasteiger partial charge on any atom is -0.371 e. The number of nitrogens with two attached hydrogens (primary N) is 1. The number of nitrogens with one attached hydrogen (secondary N) is 1. The Morgan fingerprint density at radius 2 is 1.83 bits per heavy atom. The molecule has 0 aromatic heterocycles. The summed E-state index contributed by atoms with van der Waals surface area (Å²) in [5, 5.41) is 8.33. The highest BCUT2D eigenvalue weighted by atomic mass is 32.2. The SMILES string of the molecule is CCCCCCCCCNC(=O)C1CCC2C3CCc4cc(OS(N)(=O)=O)ccc4C3CC[C@]12C. The van der Waals surface area contributed by atoms with E-state index in [4.69, 9.17) is 9.32 Å². The van der Waals surface area contributed by atoms with Gasteiger partial charge in [0.15, 0.2) is 0 Å². The van der Waals surface area contributed by atoms with E-state index in [0.717, 1.165) is 51.5 Å². The first-order chi connectivity index (χ1) is 16.7. The molecule has 1 aromatic carbocycles. The van der Waals surface area contributed by atoms with Crippen molar-refractivity contribution in [1.82, 2.24) is 5.32 Å². The van der Waals surface area contributed by atoms with E-state index in [2.05, 4.69) is 19.2 Å². The zero-order chi connectivity index (χ0) is 25.1. The average Bonchev–Trinajstić information content (AvgIpc) is 3.16. The predicted molar refractivity (Wildman–Crippen MR) is 139 cm³/mol. The smallest absolute Gasteiger partial charge is 0.371 e. The molecule has 196 valence electrons. The number of carbonyl (C=O) groups excluding carboxylic acids is 1. The number of fused-ring (bicyclic) bond motifs is 5. The van der Waals surface area contributed by atoms with Crippen LogP contribution in [0.3, 0.4) is 0 Å². The molecule has 1 aromatic rings. The van der Waals surface area contributed by atoms with Crippen LogP contribution in [-0.2, 0) is 21.5 Å². The molecular formula is C28H44N2O4S. The third-order valence-electron chi connectivity index (χ3n) is 9.31. The van der Waals surface area contributed by atoms with Crippen LogP contribution in [0, 0.1) is 23.2 Å². The Balaban J connectivity index is 1.33. The summed E-state index contributed by atoms with van der Waals surface area (Å²) in [6.45, 7) is 5.43. The number of hydrogen-bond donors (Lipinski definition) is 2. The third kappa shape index (κ3) is 6.04. The molecule has 2 saturated carbocycles. The second-order valence-electron chi connectivity index (χ2n) is 11.4. The van der Waals surface area contributed by atoms with Gasteiger partial charge in [-0.2, -0.15) is 13.6 Å². The summed E-state index contributed by atoms with van der Waals surface area (Å²) in [6.07, 6.45) is 15.1. The first-order valence-electron chi connectivity index (χ1n) is 13.9. The second kappa shape index (κ2) is 11.2. The molecule has 0 spiro atoms. The predicted octanol–water partition coefficient (Wildman–Crippen LogP) is 5.61. The lowest BCUT2D eigenvalue weighted by Crippen LogP contribution is -2.46. The van der Waals surface area contributed by atoms with E-state index in [-0.39, 0.29) is 17.2 Å². The van der Waals surface area contributed by atoms with Crippen LogP contribution in [0.25, 0.3) is 0 Å². The van der Waals surface area contributed by atoms with Gasteiger partial charge in [-0.05, 0) is 91.4 Å². The summed E-state index contributed by atoms with van der Waals surface area (Å²) in [5.41, 5.74) is 2.59. The number of rotatable bonds is 11. The Labute approximate surface area is 212 Å². The number of aryl methyl sites for hydroxylation is 1. The molecule has 3 aliphatic carbocycles. The van der Waals surface area contributed by atoms with Crippen molar-refractivity contribution in [3.63, 3.8) is 0 Å². The molecule has 0 saturated heterocycles. The molecule has 0 heterocycles. The number of unbranched alkanes of at least 4 members (excludes halogenated alkanes) is 6. The number of benzene rings is 1. The molecule has 2 fully saturated rings. The van der Waals surface area contributed by atoms with Crippen molar-refractivity contribution in [2.45, 2.75) is 103 Å². The minimum absolute atomic E-state index is 0.0829. The average molecular weight is 505 g/mol. The molecule has 4 rings (SSSR count). The van der Waals surface area contributed by atoms with Crippen molar-refractivity contribution in [3.05, 3.63) is 29.3 Å². The summed E-state index contributed by atoms with van der Waals surface area (Å²) < 4.78 is 27.5. The van der Waals surface area contributed by atoms with Crippen LogP contribution >= 0.6 is 0 Å². The van der Waals surface area contributed by atoms with Crippen LogP contribution in [0.2, 0.25) is 0 Å². The molecule has 3 aliphatic rings. The van der Waals surface area contributed by atoms with Gasteiger partial charge in [-0.1, -0.05) is 58.4 Å². The molecule has 0 bridgehead atoms. The third-order valence-corrected chi connectivity index (χ3v) is 9.73. The molecule has 3 N–H and O–H groups in total. The number of amides is 1. The fourth-order valence-electron chi connectivity index (χ4n) is 7.59. The zero-order valence-electron chi connectivity index (χ0n) is 21.6. The summed E-state index contributed by atoms with van der Waals surface area (Å²) >= 11 is 0. The van der Waals surface area contributed by atoms with E-state index in [1.807, 2.05) is 12.1 Å². The van der Waals surface area contributed by atoms with Gasteiger partial charge >= 0.3 is 10.3 Å². The first kappa shape index (κ1) is 26.5. The van der Waals surface area contributed by atoms with Crippen molar-refractivity contribution in [1.29, 1.82) is 0 Å². The van der Waals surface area contributed by atoms with E-state index in [1.54, 1.807) is 6.07 Å². The zero-order valence-corrected chi connectivity index (χ0v) is 22.4. The summed E-state index contributed by atoms with van der Waals surface area (Å²) in [6, 6.07) is 5.61. The van der Waals surface area contributed by atoms with E-state index in [9.17, 15) is 13.2 Å². The Hall–Kier alpha value is -1.60. The molecule has 0 aliphatic heterocycles. The molecule has 0 radical (unpaired) electrons. The van der Waals surface area contributed by atoms with Gasteiger partial charge in [0.2, 0.25) is 5.91 Å². The normalized spacial score (nSPS) is 29.7. The maximum absolute atomic E-state index is 13.2. The Morgan fingerprint density at radius 3 is 2.57 bits per heavy atom. The molecular weight excluding hydrogens is 460 g/mol. The van der Waals surface area contributed by atoms with Gasteiger partial charge in [0, 0.05) is 12.5 Å². The first-order valence-corrected chi connectivity index (χ1v) is 15.3. The number of carbonyl (C=O) groups is 1. The van der Waals surface area contributed by atoms with Crippen molar-refractivity contribution >= 4 is 16.2 Å². The molecule has 6 nitrogen and oxygen atoms in total. The quantitative estimate of drug-likeness (QED) is 0.383. The maximum atomic E-state index is 13.2. The van der Waals surface area contributed by atoms with Gasteiger partial charge in [-0.3, -0.25) is 4.79 Å². The highest BCUT2D eigenvalue weighted by Crippen LogP contribution is 2.63. The monoisotopic (exact) mass is 504 g/mol. The van der Waals surface area contributed by atoms with Gasteiger partial charge in [-0.25, -0.2) is 0 Å². The minimum atomic E-state index is -4.01. The second-order valence-corrected chi connectivity index (χ2v) is 12.6. The van der Waals surface area contributed by atoms with E-state index in [0.29, 0.717) is 23.5 Å². The van der Waals surface area contributed by atoms with E-state index in [1.165, 1.54) is 49.7 Å². The van der Waals surface area contributed by atoms with Gasteiger partial charge in [0.25, 0.3) is 0 Å². The van der Waals surface area contributed by atoms with Gasteiger partial charge in [-0.15, -0.1) is 0 Å². The lowest BCUT2D eigenvalue weighted by Gasteiger charge is -2.50. The van der Waals surface area contributed by atoms with Gasteiger partial charge in [0.05, 0.1) is 0 Å². The largest absolute Gasteiger partial charge is 0.380 e. The highest BCUT2D eigenvalue weighted by molar-refractivity contribution is 7.84. The number of hydrogen-bond acceptors (Lipinski definition) is 4. The summed E-state index contributed by atoms with van der Waals surface area (Å²) in [4.78, 5) is 13.2. The van der Waals surface area contributed by atoms with Crippen LogP contribution in [-0.4, -0.2) is 20.9 Å². The van der Waals surface area contributed by atoms with Gasteiger partial charge in [0.1, 0.15) is 5.75 Å². The Morgan fingerprint density at radius 1 is 1.09 bits per heavy atom. The van der Waals surface area contributed by atoms with Crippen molar-refractivity contribution < 1.29 is 17.4 Å². The van der Waals surface area contributed by atoms with E-state index < -0.39 is 10.3 Å². The summed E-state index contributed by atoms with van der Waals surface area (Å²) in [7, 11) is -4.01. The van der Waals surface area contributed by atoms with Crippen LogP contribution in [0.15, 0.2) is 18.2 Å². The maximum Gasteiger partial charge on any atom is 0.380 e. The topological polar surface area (TPSA) is 98.5 Å². The fraction of sp³-hybridized carbons (Fsp3) is 0.750. The van der Waals surface area contributed by atoms with Crippen LogP contribution < -0.4 is 14.6 Å². The van der Waals surface area contributed by atoms with Crippen LogP contribution in [0.1, 0.15) is 108 Å². The lowest BCUT2D eigenvalue weighted by atomic mass is 9.54. The van der Waals surface area contributed by atoms with Crippen molar-refractivity contribution in [3.8, 4) is 5.75 Å². The van der Waals surface area contributed by atoms with Gasteiger partial charge < -0.3 is 9.50 Å². The lowest BCUT2D eigenvalue weighted by molar-refractivity contribution is -0.130. The van der Waals surface area contributed by atoms with Crippen molar-refractivity contribution in [2.75, 3.05) is 6.54 Å². The van der Waals surface area contributed by atoms with Crippen molar-refractivity contribution in [2.24, 2.45) is 28.3 Å². The Kier molecular flexibility index (Phi) is 8.47. The fourth-order valence-corrected chi connectivity index (χ4v) is 7.96. The standard InChI is InChI=1S/C28H44N2O4S/c1-3-4-5-6-7-8-9-18-30-27(31)26-15-14-25-24-12-10-20-19-21(34-35(29,32)33)11-13-22(20)23(24)16-17-28(25,26)2/h11,13,19,23-26H,3-10,12,14-18H2,1-2H3,(H,30,31)(H2,29,32,33)/t23?,24?,25?,26?,28-/m0/s1. The van der Waals surface area contributed by atoms with Crippen LogP contribution in [0.5, 0.6) is 5.75 Å². The molecule has 35 heavy (non-hydrogen) atoms. The highest BCUT2D eigenvalue weighted by Gasteiger charge is 2.56. The Bertz CT molecular complexity index is 995. The summed E-state index contributed by atoms with van der Waals surface area (Å²) in [5.74, 6) is 2.35. The molecule has 5 atom stereocenters. The molecule has 7 heteroatoms. The van der Waals surface area contributed by atoms with Crippen LogP contribution in [0.4, 0.5) is 0 Å². The molecule has 1 amide bonds. The van der Waals surface area contributed by atoms with E-state index >= 15 is 0 Å². The molecule has 4 unspecified atom stereocenters.